The van der Waals surface area contributed by atoms with Crippen molar-refractivity contribution in [2.45, 2.75) is 6.61 Å². The number of carbonyl (C=O) groups excluding carboxylic acids is 1. The Morgan fingerprint density at radius 2 is 1.78 bits per heavy atom. The highest BCUT2D eigenvalue weighted by Gasteiger charge is 1.96. The lowest BCUT2D eigenvalue weighted by molar-refractivity contribution is 0.306. The predicted octanol–water partition coefficient (Wildman–Crippen LogP) is 2.93. The molecule has 0 unspecified atom stereocenters. The number of nitrogens with zero attached hydrogens (tertiary/aromatic N) is 1. The lowest BCUT2D eigenvalue weighted by Crippen LogP contribution is -1.95. The molecule has 2 rings (SSSR count). The molecule has 90 valence electrons. The van der Waals surface area contributed by atoms with Crippen LogP contribution in [-0.4, -0.2) is 6.08 Å². The van der Waals surface area contributed by atoms with Crippen molar-refractivity contribution in [3.8, 4) is 5.75 Å². The van der Waals surface area contributed by atoms with E-state index in [1.54, 1.807) is 12.1 Å². The quantitative estimate of drug-likeness (QED) is 0.496. The van der Waals surface area contributed by atoms with Crippen molar-refractivity contribution >= 4 is 11.8 Å². The summed E-state index contributed by atoms with van der Waals surface area (Å²) < 4.78 is 5.62. The van der Waals surface area contributed by atoms with Gasteiger partial charge in [0.1, 0.15) is 12.4 Å². The van der Waals surface area contributed by atoms with Gasteiger partial charge in [-0.15, -0.1) is 0 Å². The molecule has 0 saturated heterocycles. The molecule has 0 atom stereocenters. The zero-order valence-corrected chi connectivity index (χ0v) is 9.67. The minimum absolute atomic E-state index is 0.528. The first kappa shape index (κ1) is 11.9. The number of hydrogen-bond acceptors (Lipinski definition) is 4. The highest BCUT2D eigenvalue weighted by Crippen LogP contribution is 2.16. The molecule has 0 amide bonds. The topological polar surface area (TPSA) is 50.7 Å². The van der Waals surface area contributed by atoms with Gasteiger partial charge < -0.3 is 4.74 Å². The summed E-state index contributed by atoms with van der Waals surface area (Å²) in [5, 5.41) is 3.27. The number of isocyanates is 1. The summed E-state index contributed by atoms with van der Waals surface area (Å²) in [7, 11) is 0. The largest absolute Gasteiger partial charge is 0.489 e. The van der Waals surface area contributed by atoms with Crippen LogP contribution in [0.5, 0.6) is 5.75 Å². The molecule has 4 heteroatoms. The van der Waals surface area contributed by atoms with Crippen LogP contribution in [0.1, 0.15) is 5.56 Å². The van der Waals surface area contributed by atoms with Crippen LogP contribution in [0.25, 0.3) is 0 Å². The third kappa shape index (κ3) is 3.47. The van der Waals surface area contributed by atoms with Crippen LogP contribution < -0.4 is 10.2 Å². The smallest absolute Gasteiger partial charge is 0.258 e. The van der Waals surface area contributed by atoms with Gasteiger partial charge in [-0.1, -0.05) is 35.4 Å². The van der Waals surface area contributed by atoms with Gasteiger partial charge in [0.25, 0.3) is 6.08 Å². The molecule has 0 aromatic heterocycles. The van der Waals surface area contributed by atoms with E-state index in [9.17, 15) is 4.79 Å². The zero-order chi connectivity index (χ0) is 12.6. The summed E-state index contributed by atoms with van der Waals surface area (Å²) in [5.41, 5.74) is 4.37. The molecule has 1 N–H and O–H groups in total. The monoisotopic (exact) mass is 240 g/mol. The number of benzene rings is 2. The second kappa shape index (κ2) is 6.23. The average molecular weight is 240 g/mol. The maximum Gasteiger partial charge on any atom is 0.258 e. The minimum Gasteiger partial charge on any atom is -0.489 e. The molecule has 0 saturated carbocycles. The summed E-state index contributed by atoms with van der Waals surface area (Å²) >= 11 is 0. The van der Waals surface area contributed by atoms with Crippen molar-refractivity contribution in [3.05, 3.63) is 60.2 Å². The molecule has 0 heterocycles. The lowest BCUT2D eigenvalue weighted by Gasteiger charge is -2.06. The molecule has 0 spiro atoms. The summed E-state index contributed by atoms with van der Waals surface area (Å²) in [5.74, 6) is 0.763. The van der Waals surface area contributed by atoms with Crippen molar-refractivity contribution in [2.75, 3.05) is 5.43 Å². The molecule has 0 bridgehead atoms. The van der Waals surface area contributed by atoms with E-state index in [0.717, 1.165) is 11.3 Å². The van der Waals surface area contributed by atoms with Gasteiger partial charge >= 0.3 is 0 Å². The Kier molecular flexibility index (Phi) is 4.11. The molecule has 2 aromatic rings. The van der Waals surface area contributed by atoms with E-state index in [2.05, 4.69) is 10.5 Å². The van der Waals surface area contributed by atoms with E-state index in [4.69, 9.17) is 4.74 Å². The van der Waals surface area contributed by atoms with Gasteiger partial charge in [0.2, 0.25) is 0 Å². The van der Waals surface area contributed by atoms with Crippen molar-refractivity contribution in [3.63, 3.8) is 0 Å². The number of ether oxygens (including phenoxy) is 1. The Morgan fingerprint density at radius 3 is 2.44 bits per heavy atom. The van der Waals surface area contributed by atoms with E-state index in [0.29, 0.717) is 12.3 Å². The molecule has 0 aliphatic rings. The van der Waals surface area contributed by atoms with Crippen molar-refractivity contribution in [2.24, 2.45) is 5.10 Å². The fourth-order valence-electron chi connectivity index (χ4n) is 1.45. The second-order valence-corrected chi connectivity index (χ2v) is 3.61. The molecule has 0 aliphatic heterocycles. The van der Waals surface area contributed by atoms with Gasteiger partial charge in [0, 0.05) is 0 Å². The molecule has 0 fully saturated rings. The Labute approximate surface area is 105 Å². The van der Waals surface area contributed by atoms with E-state index < -0.39 is 0 Å². The van der Waals surface area contributed by atoms with Gasteiger partial charge in [-0.05, 0) is 29.8 Å². The van der Waals surface area contributed by atoms with Crippen molar-refractivity contribution in [1.29, 1.82) is 0 Å². The van der Waals surface area contributed by atoms with Gasteiger partial charge in [-0.2, -0.15) is 0 Å². The highest BCUT2D eigenvalue weighted by atomic mass is 16.5. The summed E-state index contributed by atoms with van der Waals surface area (Å²) in [6, 6.07) is 17.1. The van der Waals surface area contributed by atoms with Crippen molar-refractivity contribution in [1.82, 2.24) is 0 Å². The van der Waals surface area contributed by atoms with E-state index in [-0.39, 0.29) is 0 Å². The molecule has 4 nitrogen and oxygen atoms in total. The van der Waals surface area contributed by atoms with E-state index in [1.165, 1.54) is 6.08 Å². The maximum absolute atomic E-state index is 9.93. The Balaban J connectivity index is 1.92. The van der Waals surface area contributed by atoms with Crippen LogP contribution in [0.2, 0.25) is 0 Å². The molecule has 0 aliphatic carbocycles. The molecule has 18 heavy (non-hydrogen) atoms. The van der Waals surface area contributed by atoms with Crippen LogP contribution in [0.3, 0.4) is 0 Å². The molecule has 2 aromatic carbocycles. The van der Waals surface area contributed by atoms with Gasteiger partial charge in [-0.3, -0.25) is 5.43 Å². The number of hydrazone groups is 1. The zero-order valence-electron chi connectivity index (χ0n) is 9.67. The van der Waals surface area contributed by atoms with Crippen LogP contribution >= 0.6 is 0 Å². The van der Waals surface area contributed by atoms with Gasteiger partial charge in [0.05, 0.1) is 5.69 Å². The fourth-order valence-corrected chi connectivity index (χ4v) is 1.45. The second-order valence-electron chi connectivity index (χ2n) is 3.61. The van der Waals surface area contributed by atoms with Gasteiger partial charge in [0.15, 0.2) is 0 Å². The number of anilines is 1. The average Bonchev–Trinajstić information content (AvgIpc) is 2.45. The molecule has 0 radical (unpaired) electrons. The Bertz CT molecular complexity index is 531. The lowest BCUT2D eigenvalue weighted by atomic mass is 10.2. The Hall–Kier alpha value is -2.58. The summed E-state index contributed by atoms with van der Waals surface area (Å²) in [4.78, 5) is 9.93. The Morgan fingerprint density at radius 1 is 1.06 bits per heavy atom. The highest BCUT2D eigenvalue weighted by molar-refractivity contribution is 5.48. The standard InChI is InChI=1S/C14H12N2O2/c17-11-15-16-13-6-8-14(9-7-13)18-10-12-4-2-1-3-5-12/h1-9,16H,10H2. The maximum atomic E-state index is 9.93. The van der Waals surface area contributed by atoms with Crippen LogP contribution in [-0.2, 0) is 11.4 Å². The molecular formula is C14H12N2O2. The predicted molar refractivity (Wildman–Crippen MR) is 69.0 cm³/mol. The number of nitrogens with one attached hydrogen (secondary N) is 1. The molecular weight excluding hydrogens is 228 g/mol. The number of hydrogen-bond donors (Lipinski definition) is 1. The van der Waals surface area contributed by atoms with Crippen LogP contribution in [0.15, 0.2) is 59.7 Å². The first-order chi connectivity index (χ1) is 8.88. The van der Waals surface area contributed by atoms with Crippen LogP contribution in [0, 0.1) is 0 Å². The van der Waals surface area contributed by atoms with Crippen LogP contribution in [0.4, 0.5) is 5.69 Å². The van der Waals surface area contributed by atoms with E-state index >= 15 is 0 Å². The van der Waals surface area contributed by atoms with E-state index in [1.807, 2.05) is 42.5 Å². The first-order valence-electron chi connectivity index (χ1n) is 5.48. The normalized spacial score (nSPS) is 9.33. The summed E-state index contributed by atoms with van der Waals surface area (Å²) in [6.45, 7) is 0.528. The fraction of sp³-hybridized carbons (Fsp3) is 0.0714. The summed E-state index contributed by atoms with van der Waals surface area (Å²) in [6.07, 6.45) is 1.41. The SMILES string of the molecule is O=C=NNc1ccc(OCc2ccccc2)cc1. The third-order valence-corrected chi connectivity index (χ3v) is 2.33. The minimum atomic E-state index is 0.528. The number of rotatable bonds is 5. The first-order valence-corrected chi connectivity index (χ1v) is 5.48. The van der Waals surface area contributed by atoms with Crippen molar-refractivity contribution < 1.29 is 9.53 Å². The third-order valence-electron chi connectivity index (χ3n) is 2.33. The van der Waals surface area contributed by atoms with Gasteiger partial charge in [-0.25, -0.2) is 4.79 Å².